The summed E-state index contributed by atoms with van der Waals surface area (Å²) in [5.74, 6) is 0.455. The van der Waals surface area contributed by atoms with E-state index < -0.39 is 5.54 Å². The smallest absolute Gasteiger partial charge is 0.325 e. The fraction of sp³-hybridized carbons (Fsp3) is 0.591. The Hall–Kier alpha value is -2.41. The number of amides is 4. The molecule has 7 heteroatoms. The highest BCUT2D eigenvalue weighted by Crippen LogP contribution is 2.35. The van der Waals surface area contributed by atoms with Gasteiger partial charge in [0.2, 0.25) is 0 Å². The van der Waals surface area contributed by atoms with E-state index in [1.807, 2.05) is 36.9 Å². The van der Waals surface area contributed by atoms with Crippen molar-refractivity contribution in [2.75, 3.05) is 32.7 Å². The van der Waals surface area contributed by atoms with Gasteiger partial charge in [-0.3, -0.25) is 14.9 Å². The summed E-state index contributed by atoms with van der Waals surface area (Å²) in [5, 5.41) is 5.86. The summed E-state index contributed by atoms with van der Waals surface area (Å²) in [5.41, 5.74) is 1.06. The molecule has 4 amide bonds. The second-order valence-corrected chi connectivity index (χ2v) is 8.86. The molecule has 4 rings (SSSR count). The predicted octanol–water partition coefficient (Wildman–Crippen LogP) is 1.95. The molecule has 0 saturated carbocycles. The Morgan fingerprint density at radius 1 is 1.21 bits per heavy atom. The first-order valence-corrected chi connectivity index (χ1v) is 10.6. The number of piperidine rings is 1. The molecule has 3 aliphatic rings. The van der Waals surface area contributed by atoms with E-state index in [1.165, 1.54) is 0 Å². The van der Waals surface area contributed by atoms with E-state index in [0.29, 0.717) is 38.4 Å². The molecule has 7 nitrogen and oxygen atoms in total. The zero-order chi connectivity index (χ0) is 20.6. The number of benzene rings is 1. The van der Waals surface area contributed by atoms with E-state index in [4.69, 9.17) is 0 Å². The highest BCUT2D eigenvalue weighted by Gasteiger charge is 2.54. The van der Waals surface area contributed by atoms with Crippen LogP contribution < -0.4 is 10.6 Å². The number of carbonyl (C=O) groups is 3. The van der Waals surface area contributed by atoms with E-state index in [1.54, 1.807) is 4.90 Å². The van der Waals surface area contributed by atoms with Crippen molar-refractivity contribution in [3.63, 3.8) is 0 Å². The lowest BCUT2D eigenvalue weighted by Gasteiger charge is -2.42. The van der Waals surface area contributed by atoms with Crippen LogP contribution in [-0.4, -0.2) is 65.9 Å². The molecule has 3 saturated heterocycles. The van der Waals surface area contributed by atoms with Crippen molar-refractivity contribution < 1.29 is 14.4 Å². The number of hydrogen-bond donors (Lipinski definition) is 2. The number of urea groups is 1. The standard InChI is InChI=1S/C22H30N4O3/c1-15(2)14-26-21(29)24-20(28)22(26)8-11-25(12-9-22)19(27)18-6-4-3-5-17(18)16-7-10-23-13-16/h3-6,15-16,23H,7-14H2,1-2H3,(H,24,28,29). The Morgan fingerprint density at radius 2 is 1.93 bits per heavy atom. The van der Waals surface area contributed by atoms with Crippen LogP contribution in [0.25, 0.3) is 0 Å². The van der Waals surface area contributed by atoms with Gasteiger partial charge < -0.3 is 15.1 Å². The summed E-state index contributed by atoms with van der Waals surface area (Å²) in [6.07, 6.45) is 2.01. The van der Waals surface area contributed by atoms with Gasteiger partial charge in [-0.05, 0) is 49.3 Å². The van der Waals surface area contributed by atoms with Crippen LogP contribution in [0.2, 0.25) is 0 Å². The van der Waals surface area contributed by atoms with Gasteiger partial charge in [0.15, 0.2) is 0 Å². The van der Waals surface area contributed by atoms with Crippen molar-refractivity contribution in [2.45, 2.75) is 44.6 Å². The molecule has 0 bridgehead atoms. The molecule has 3 fully saturated rings. The Bertz CT molecular complexity index is 808. The molecule has 2 N–H and O–H groups in total. The number of hydrogen-bond acceptors (Lipinski definition) is 4. The van der Waals surface area contributed by atoms with Crippen LogP contribution in [0.5, 0.6) is 0 Å². The summed E-state index contributed by atoms with van der Waals surface area (Å²) in [6, 6.07) is 7.58. The second kappa shape index (κ2) is 7.78. The molecular weight excluding hydrogens is 368 g/mol. The summed E-state index contributed by atoms with van der Waals surface area (Å²) in [6.45, 7) is 7.46. The average Bonchev–Trinajstić information content (AvgIpc) is 3.32. The second-order valence-electron chi connectivity index (χ2n) is 8.86. The van der Waals surface area contributed by atoms with Gasteiger partial charge in [-0.25, -0.2) is 4.79 Å². The predicted molar refractivity (Wildman–Crippen MR) is 110 cm³/mol. The first kappa shape index (κ1) is 19.9. The van der Waals surface area contributed by atoms with Gasteiger partial charge in [-0.15, -0.1) is 0 Å². The Kier molecular flexibility index (Phi) is 5.34. The zero-order valence-electron chi connectivity index (χ0n) is 17.2. The number of likely N-dealkylation sites (tertiary alicyclic amines) is 1. The van der Waals surface area contributed by atoms with Crippen molar-refractivity contribution in [2.24, 2.45) is 5.92 Å². The number of nitrogens with one attached hydrogen (secondary N) is 2. The van der Waals surface area contributed by atoms with Crippen LogP contribution >= 0.6 is 0 Å². The quantitative estimate of drug-likeness (QED) is 0.760. The van der Waals surface area contributed by atoms with Crippen molar-refractivity contribution in [1.29, 1.82) is 0 Å². The molecule has 1 aromatic carbocycles. The van der Waals surface area contributed by atoms with Gasteiger partial charge in [0, 0.05) is 31.7 Å². The van der Waals surface area contributed by atoms with Crippen LogP contribution in [0, 0.1) is 5.92 Å². The van der Waals surface area contributed by atoms with Crippen LogP contribution in [0.15, 0.2) is 24.3 Å². The van der Waals surface area contributed by atoms with Crippen molar-refractivity contribution >= 4 is 17.8 Å². The lowest BCUT2D eigenvalue weighted by molar-refractivity contribution is -0.129. The maximum Gasteiger partial charge on any atom is 0.325 e. The number of rotatable bonds is 4. The third kappa shape index (κ3) is 3.52. The normalized spacial score (nSPS) is 23.9. The lowest BCUT2D eigenvalue weighted by atomic mass is 9.85. The van der Waals surface area contributed by atoms with Gasteiger partial charge in [0.05, 0.1) is 0 Å². The van der Waals surface area contributed by atoms with E-state index in [2.05, 4.69) is 16.7 Å². The molecule has 1 spiro atoms. The Morgan fingerprint density at radius 3 is 2.59 bits per heavy atom. The first-order chi connectivity index (χ1) is 13.9. The van der Waals surface area contributed by atoms with E-state index in [-0.39, 0.29) is 23.8 Å². The fourth-order valence-corrected chi connectivity index (χ4v) is 4.94. The maximum absolute atomic E-state index is 13.3. The summed E-state index contributed by atoms with van der Waals surface area (Å²) in [7, 11) is 0. The third-order valence-electron chi connectivity index (χ3n) is 6.52. The van der Waals surface area contributed by atoms with E-state index >= 15 is 0 Å². The van der Waals surface area contributed by atoms with Crippen molar-refractivity contribution in [3.05, 3.63) is 35.4 Å². The molecule has 1 aromatic rings. The zero-order valence-corrected chi connectivity index (χ0v) is 17.2. The molecule has 29 heavy (non-hydrogen) atoms. The molecule has 1 atom stereocenters. The lowest BCUT2D eigenvalue weighted by Crippen LogP contribution is -2.58. The van der Waals surface area contributed by atoms with Crippen LogP contribution in [0.3, 0.4) is 0 Å². The number of imide groups is 1. The molecule has 1 unspecified atom stereocenters. The SMILES string of the molecule is CC(C)CN1C(=O)NC(=O)C12CCN(C(=O)c1ccccc1C1CCNC1)CC2. The van der Waals surface area contributed by atoms with Crippen LogP contribution in [0.1, 0.15) is 54.9 Å². The van der Waals surface area contributed by atoms with Crippen molar-refractivity contribution in [1.82, 2.24) is 20.4 Å². The summed E-state index contributed by atoms with van der Waals surface area (Å²) in [4.78, 5) is 41.8. The van der Waals surface area contributed by atoms with Crippen LogP contribution in [0.4, 0.5) is 4.79 Å². The van der Waals surface area contributed by atoms with Gasteiger partial charge >= 0.3 is 6.03 Å². The van der Waals surface area contributed by atoms with Crippen molar-refractivity contribution in [3.8, 4) is 0 Å². The van der Waals surface area contributed by atoms with Gasteiger partial charge in [-0.2, -0.15) is 0 Å². The minimum Gasteiger partial charge on any atom is -0.338 e. The minimum absolute atomic E-state index is 0.0301. The maximum atomic E-state index is 13.3. The molecule has 156 valence electrons. The average molecular weight is 399 g/mol. The Balaban J connectivity index is 1.51. The Labute approximate surface area is 171 Å². The molecule has 3 aliphatic heterocycles. The van der Waals surface area contributed by atoms with Gasteiger partial charge in [0.1, 0.15) is 5.54 Å². The molecule has 0 aromatic heterocycles. The third-order valence-corrected chi connectivity index (χ3v) is 6.52. The van der Waals surface area contributed by atoms with E-state index in [0.717, 1.165) is 30.6 Å². The molecule has 3 heterocycles. The fourth-order valence-electron chi connectivity index (χ4n) is 4.94. The molecule has 0 aliphatic carbocycles. The minimum atomic E-state index is -0.812. The number of nitrogens with zero attached hydrogens (tertiary/aromatic N) is 2. The topological polar surface area (TPSA) is 81.8 Å². The summed E-state index contributed by atoms with van der Waals surface area (Å²) >= 11 is 0. The first-order valence-electron chi connectivity index (χ1n) is 10.6. The van der Waals surface area contributed by atoms with E-state index in [9.17, 15) is 14.4 Å². The highest BCUT2D eigenvalue weighted by atomic mass is 16.2. The monoisotopic (exact) mass is 398 g/mol. The molecule has 0 radical (unpaired) electrons. The van der Waals surface area contributed by atoms with Gasteiger partial charge in [0.25, 0.3) is 11.8 Å². The summed E-state index contributed by atoms with van der Waals surface area (Å²) < 4.78 is 0. The molecular formula is C22H30N4O3. The highest BCUT2D eigenvalue weighted by molar-refractivity contribution is 6.07. The largest absolute Gasteiger partial charge is 0.338 e. The number of carbonyl (C=O) groups excluding carboxylic acids is 3. The van der Waals surface area contributed by atoms with Crippen LogP contribution in [-0.2, 0) is 4.79 Å². The van der Waals surface area contributed by atoms with Gasteiger partial charge in [-0.1, -0.05) is 32.0 Å².